The first-order valence-electron chi connectivity index (χ1n) is 9.60. The minimum Gasteiger partial charge on any atom is -0.503 e. The van der Waals surface area contributed by atoms with Crippen LogP contribution in [0.25, 0.3) is 5.57 Å². The lowest BCUT2D eigenvalue weighted by atomic mass is 10.0. The molecule has 5 heteroatoms. The number of carbonyl (C=O) groups is 1. The standard InChI is InChI=1S/C23H27NO4/c1-26-17-22(23(25)27-2)21-9-5-4-8-18(21)16-28-20-12-10-19(11-13-20)24-14-6-3-7-15-24/h4-5,8-13,17H,3,6-7,14-16H2,1-2H3/b22-17-. The van der Waals surface area contributed by atoms with Gasteiger partial charge in [0.25, 0.3) is 0 Å². The first-order valence-corrected chi connectivity index (χ1v) is 9.60. The van der Waals surface area contributed by atoms with Crippen molar-refractivity contribution in [1.82, 2.24) is 0 Å². The predicted octanol–water partition coefficient (Wildman–Crippen LogP) is 4.42. The summed E-state index contributed by atoms with van der Waals surface area (Å²) in [5, 5.41) is 0. The van der Waals surface area contributed by atoms with E-state index in [-0.39, 0.29) is 0 Å². The van der Waals surface area contributed by atoms with Gasteiger partial charge in [0.1, 0.15) is 17.9 Å². The molecule has 5 nitrogen and oxygen atoms in total. The van der Waals surface area contributed by atoms with E-state index >= 15 is 0 Å². The number of methoxy groups -OCH3 is 2. The van der Waals surface area contributed by atoms with E-state index in [4.69, 9.17) is 14.2 Å². The molecular formula is C23H27NO4. The molecule has 2 aromatic carbocycles. The number of carbonyl (C=O) groups excluding carboxylic acids is 1. The molecule has 0 atom stereocenters. The first-order chi connectivity index (χ1) is 13.7. The van der Waals surface area contributed by atoms with Gasteiger partial charge in [-0.2, -0.15) is 0 Å². The van der Waals surface area contributed by atoms with Crippen LogP contribution in [0.2, 0.25) is 0 Å². The van der Waals surface area contributed by atoms with Crippen molar-refractivity contribution in [3.8, 4) is 5.75 Å². The quantitative estimate of drug-likeness (QED) is 0.404. The number of anilines is 1. The number of rotatable bonds is 7. The van der Waals surface area contributed by atoms with Gasteiger partial charge in [-0.1, -0.05) is 24.3 Å². The zero-order valence-electron chi connectivity index (χ0n) is 16.5. The molecule has 0 aromatic heterocycles. The van der Waals surface area contributed by atoms with Crippen LogP contribution in [0.1, 0.15) is 30.4 Å². The summed E-state index contributed by atoms with van der Waals surface area (Å²) in [6, 6.07) is 15.8. The van der Waals surface area contributed by atoms with E-state index in [1.54, 1.807) is 0 Å². The van der Waals surface area contributed by atoms with Crippen LogP contribution in [0.3, 0.4) is 0 Å². The van der Waals surface area contributed by atoms with Crippen LogP contribution >= 0.6 is 0 Å². The minimum atomic E-state index is -0.444. The number of ether oxygens (including phenoxy) is 3. The van der Waals surface area contributed by atoms with Gasteiger partial charge in [0.15, 0.2) is 0 Å². The maximum atomic E-state index is 12.1. The Balaban J connectivity index is 1.71. The molecule has 1 heterocycles. The number of hydrogen-bond acceptors (Lipinski definition) is 5. The predicted molar refractivity (Wildman–Crippen MR) is 110 cm³/mol. The Hall–Kier alpha value is -2.95. The normalized spacial score (nSPS) is 14.5. The largest absolute Gasteiger partial charge is 0.503 e. The van der Waals surface area contributed by atoms with Crippen molar-refractivity contribution in [3.63, 3.8) is 0 Å². The molecule has 0 spiro atoms. The van der Waals surface area contributed by atoms with E-state index in [0.29, 0.717) is 12.2 Å². The third kappa shape index (κ3) is 4.85. The molecule has 1 fully saturated rings. The van der Waals surface area contributed by atoms with E-state index in [2.05, 4.69) is 17.0 Å². The number of piperidine rings is 1. The number of benzene rings is 2. The van der Waals surface area contributed by atoms with Gasteiger partial charge < -0.3 is 19.1 Å². The molecule has 0 amide bonds. The van der Waals surface area contributed by atoms with Crippen molar-refractivity contribution in [3.05, 3.63) is 65.9 Å². The third-order valence-electron chi connectivity index (χ3n) is 4.90. The Morgan fingerprint density at radius 2 is 1.71 bits per heavy atom. The van der Waals surface area contributed by atoms with Crippen LogP contribution in [0, 0.1) is 0 Å². The average molecular weight is 381 g/mol. The van der Waals surface area contributed by atoms with Gasteiger partial charge >= 0.3 is 5.97 Å². The Morgan fingerprint density at radius 1 is 1.00 bits per heavy atom. The van der Waals surface area contributed by atoms with E-state index in [1.807, 2.05) is 36.4 Å². The zero-order chi connectivity index (χ0) is 19.8. The molecule has 148 valence electrons. The molecule has 0 aliphatic carbocycles. The monoisotopic (exact) mass is 381 g/mol. The van der Waals surface area contributed by atoms with Crippen molar-refractivity contribution >= 4 is 17.2 Å². The van der Waals surface area contributed by atoms with Crippen LogP contribution in [0.4, 0.5) is 5.69 Å². The molecule has 1 aliphatic heterocycles. The lowest BCUT2D eigenvalue weighted by Gasteiger charge is -2.28. The molecule has 3 rings (SSSR count). The van der Waals surface area contributed by atoms with Gasteiger partial charge in [-0.3, -0.25) is 0 Å². The minimum absolute atomic E-state index is 0.345. The van der Waals surface area contributed by atoms with Crippen molar-refractivity contribution < 1.29 is 19.0 Å². The van der Waals surface area contributed by atoms with Gasteiger partial charge in [0.2, 0.25) is 0 Å². The zero-order valence-corrected chi connectivity index (χ0v) is 16.5. The Labute approximate surface area is 166 Å². The van der Waals surface area contributed by atoms with Crippen LogP contribution in [-0.2, 0) is 20.9 Å². The van der Waals surface area contributed by atoms with Gasteiger partial charge in [-0.15, -0.1) is 0 Å². The molecule has 0 N–H and O–H groups in total. The summed E-state index contributed by atoms with van der Waals surface area (Å²) < 4.78 is 15.9. The number of nitrogens with zero attached hydrogens (tertiary/aromatic N) is 1. The summed E-state index contributed by atoms with van der Waals surface area (Å²) in [5.41, 5.74) is 3.23. The fourth-order valence-electron chi connectivity index (χ4n) is 3.42. The topological polar surface area (TPSA) is 48.0 Å². The van der Waals surface area contributed by atoms with Gasteiger partial charge in [0, 0.05) is 18.8 Å². The van der Waals surface area contributed by atoms with Crippen molar-refractivity contribution in [2.24, 2.45) is 0 Å². The highest BCUT2D eigenvalue weighted by Crippen LogP contribution is 2.25. The molecule has 0 saturated carbocycles. The van der Waals surface area contributed by atoms with Crippen molar-refractivity contribution in [2.45, 2.75) is 25.9 Å². The summed E-state index contributed by atoms with van der Waals surface area (Å²) in [6.07, 6.45) is 5.24. The molecular weight excluding hydrogens is 354 g/mol. The van der Waals surface area contributed by atoms with Gasteiger partial charge in [0.05, 0.1) is 20.5 Å². The van der Waals surface area contributed by atoms with Gasteiger partial charge in [-0.25, -0.2) is 4.79 Å². The van der Waals surface area contributed by atoms with Crippen molar-refractivity contribution in [1.29, 1.82) is 0 Å². The highest BCUT2D eigenvalue weighted by atomic mass is 16.5. The maximum Gasteiger partial charge on any atom is 0.341 e. The summed E-state index contributed by atoms with van der Waals surface area (Å²) in [7, 11) is 2.86. The lowest BCUT2D eigenvalue weighted by Crippen LogP contribution is -2.29. The van der Waals surface area contributed by atoms with Crippen LogP contribution in [-0.4, -0.2) is 33.3 Å². The Kier molecular flexibility index (Phi) is 6.95. The molecule has 28 heavy (non-hydrogen) atoms. The third-order valence-corrected chi connectivity index (χ3v) is 4.90. The summed E-state index contributed by atoms with van der Waals surface area (Å²) in [6.45, 7) is 2.59. The second-order valence-corrected chi connectivity index (χ2v) is 6.75. The Morgan fingerprint density at radius 3 is 2.39 bits per heavy atom. The summed E-state index contributed by atoms with van der Waals surface area (Å²) >= 11 is 0. The van der Waals surface area contributed by atoms with Crippen LogP contribution < -0.4 is 9.64 Å². The second kappa shape index (κ2) is 9.83. The molecule has 0 unspecified atom stereocenters. The SMILES string of the molecule is CO/C=C(\C(=O)OC)c1ccccc1COc1ccc(N2CCCCC2)cc1. The second-order valence-electron chi connectivity index (χ2n) is 6.75. The molecule has 1 saturated heterocycles. The molecule has 0 radical (unpaired) electrons. The molecule has 1 aliphatic rings. The summed E-state index contributed by atoms with van der Waals surface area (Å²) in [5.74, 6) is 0.353. The Bertz CT molecular complexity index is 808. The number of esters is 1. The van der Waals surface area contributed by atoms with Crippen LogP contribution in [0.15, 0.2) is 54.8 Å². The van der Waals surface area contributed by atoms with E-state index in [9.17, 15) is 4.79 Å². The van der Waals surface area contributed by atoms with Crippen LogP contribution in [0.5, 0.6) is 5.75 Å². The lowest BCUT2D eigenvalue weighted by molar-refractivity contribution is -0.133. The highest BCUT2D eigenvalue weighted by Gasteiger charge is 2.17. The van der Waals surface area contributed by atoms with E-state index in [0.717, 1.165) is 30.0 Å². The highest BCUT2D eigenvalue weighted by molar-refractivity contribution is 6.16. The average Bonchev–Trinajstić information content (AvgIpc) is 2.77. The summed E-state index contributed by atoms with van der Waals surface area (Å²) in [4.78, 5) is 14.5. The first kappa shape index (κ1) is 19.8. The fourth-order valence-corrected chi connectivity index (χ4v) is 3.42. The smallest absolute Gasteiger partial charge is 0.341 e. The molecule has 2 aromatic rings. The van der Waals surface area contributed by atoms with Crippen molar-refractivity contribution in [2.75, 3.05) is 32.2 Å². The maximum absolute atomic E-state index is 12.1. The molecule has 0 bridgehead atoms. The number of hydrogen-bond donors (Lipinski definition) is 0. The van der Waals surface area contributed by atoms with E-state index < -0.39 is 5.97 Å². The fraction of sp³-hybridized carbons (Fsp3) is 0.348. The van der Waals surface area contributed by atoms with E-state index in [1.165, 1.54) is 45.4 Å². The van der Waals surface area contributed by atoms with Gasteiger partial charge in [-0.05, 0) is 54.7 Å².